The molecule has 3 aromatic rings. The van der Waals surface area contributed by atoms with Gasteiger partial charge in [0.05, 0.1) is 0 Å². The van der Waals surface area contributed by atoms with Gasteiger partial charge in [-0.3, -0.25) is 0 Å². The summed E-state index contributed by atoms with van der Waals surface area (Å²) in [5.41, 5.74) is 0.487. The number of halogens is 3. The first-order valence-corrected chi connectivity index (χ1v) is 8.42. The van der Waals surface area contributed by atoms with E-state index in [1.54, 1.807) is 30.3 Å². The van der Waals surface area contributed by atoms with E-state index >= 15 is 0 Å². The van der Waals surface area contributed by atoms with E-state index in [0.717, 1.165) is 11.6 Å². The molecule has 2 aromatic heterocycles. The summed E-state index contributed by atoms with van der Waals surface area (Å²) in [4.78, 5) is 0. The van der Waals surface area contributed by atoms with Crippen LogP contribution in [0.1, 0.15) is 11.3 Å². The molecule has 0 unspecified atom stereocenters. The highest BCUT2D eigenvalue weighted by atomic mass is 32.2. The second kappa shape index (κ2) is 6.37. The quantitative estimate of drug-likeness (QED) is 0.742. The van der Waals surface area contributed by atoms with Gasteiger partial charge in [-0.15, -0.1) is 0 Å². The molecule has 0 amide bonds. The summed E-state index contributed by atoms with van der Waals surface area (Å²) in [7, 11) is -3.96. The van der Waals surface area contributed by atoms with Gasteiger partial charge in [0.2, 0.25) is 10.9 Å². The number of hydrogen-bond donors (Lipinski definition) is 1. The Labute approximate surface area is 140 Å². The van der Waals surface area contributed by atoms with Crippen LogP contribution in [0, 0.1) is 0 Å². The number of nitrogens with zero attached hydrogens (tertiary/aromatic N) is 1. The first-order valence-electron chi connectivity index (χ1n) is 6.93. The molecule has 132 valence electrons. The van der Waals surface area contributed by atoms with Crippen LogP contribution in [0.25, 0.3) is 11.5 Å². The minimum atomic E-state index is -4.69. The van der Waals surface area contributed by atoms with E-state index in [2.05, 4.69) is 14.4 Å². The molecule has 25 heavy (non-hydrogen) atoms. The van der Waals surface area contributed by atoms with Crippen molar-refractivity contribution in [2.24, 2.45) is 0 Å². The first kappa shape index (κ1) is 17.2. The zero-order chi connectivity index (χ0) is 18.1. The molecular weight excluding hydrogens is 361 g/mol. The topological polar surface area (TPSA) is 85.3 Å². The molecule has 0 radical (unpaired) electrons. The second-order valence-corrected chi connectivity index (χ2v) is 6.70. The third kappa shape index (κ3) is 3.91. The summed E-state index contributed by atoms with van der Waals surface area (Å²) in [5, 5.41) is 2.80. The van der Waals surface area contributed by atoms with Crippen LogP contribution in [0.2, 0.25) is 0 Å². The molecule has 0 fully saturated rings. The van der Waals surface area contributed by atoms with E-state index in [1.807, 2.05) is 0 Å². The third-order valence-electron chi connectivity index (χ3n) is 3.20. The Morgan fingerprint density at radius 1 is 1.08 bits per heavy atom. The van der Waals surface area contributed by atoms with Crippen LogP contribution in [0.15, 0.2) is 62.6 Å². The molecule has 0 saturated carbocycles. The van der Waals surface area contributed by atoms with Gasteiger partial charge in [-0.2, -0.15) is 13.2 Å². The van der Waals surface area contributed by atoms with Crippen LogP contribution in [-0.4, -0.2) is 13.6 Å². The van der Waals surface area contributed by atoms with Gasteiger partial charge in [0.25, 0.3) is 10.0 Å². The Balaban J connectivity index is 1.77. The Bertz CT molecular complexity index is 962. The fourth-order valence-corrected chi connectivity index (χ4v) is 2.92. The molecule has 2 heterocycles. The largest absolute Gasteiger partial charge is 0.452 e. The number of benzene rings is 1. The molecule has 0 saturated heterocycles. The molecule has 1 aromatic carbocycles. The molecule has 0 aliphatic carbocycles. The van der Waals surface area contributed by atoms with Crippen LogP contribution in [0.3, 0.4) is 0 Å². The Morgan fingerprint density at radius 2 is 1.80 bits per heavy atom. The average Bonchev–Trinajstić information content (AvgIpc) is 3.22. The monoisotopic (exact) mass is 372 g/mol. The second-order valence-electron chi connectivity index (χ2n) is 5.00. The first-order chi connectivity index (χ1) is 11.8. The van der Waals surface area contributed by atoms with E-state index in [4.69, 9.17) is 4.42 Å². The maximum absolute atomic E-state index is 12.5. The van der Waals surface area contributed by atoms with E-state index in [-0.39, 0.29) is 18.0 Å². The zero-order valence-electron chi connectivity index (χ0n) is 12.4. The Kier molecular flexibility index (Phi) is 4.39. The molecule has 1 N–H and O–H groups in total. The van der Waals surface area contributed by atoms with Crippen molar-refractivity contribution >= 4 is 10.0 Å². The van der Waals surface area contributed by atoms with Gasteiger partial charge in [0.1, 0.15) is 5.69 Å². The lowest BCUT2D eigenvalue weighted by molar-refractivity contribution is -0.155. The maximum Gasteiger partial charge on any atom is 0.452 e. The standard InChI is InChI=1S/C15H11F3N2O4S/c16-15(17,18)13-8-11(20-24-13)12-6-7-14(23-12)25(21,22)19-9-10-4-2-1-3-5-10/h1-8,19H,9H2. The normalized spacial score (nSPS) is 12.4. The average molecular weight is 372 g/mol. The summed E-state index contributed by atoms with van der Waals surface area (Å²) in [6.07, 6.45) is -4.69. The number of sulfonamides is 1. The number of rotatable bonds is 5. The van der Waals surface area contributed by atoms with Crippen LogP contribution in [0.4, 0.5) is 13.2 Å². The molecule has 3 rings (SSSR count). The molecule has 0 bridgehead atoms. The van der Waals surface area contributed by atoms with Crippen molar-refractivity contribution in [3.8, 4) is 11.5 Å². The van der Waals surface area contributed by atoms with Crippen LogP contribution in [0.5, 0.6) is 0 Å². The fourth-order valence-electron chi connectivity index (χ4n) is 1.97. The molecule has 0 spiro atoms. The van der Waals surface area contributed by atoms with E-state index in [0.29, 0.717) is 6.07 Å². The Hall–Kier alpha value is -2.59. The molecule has 0 atom stereocenters. The van der Waals surface area contributed by atoms with Crippen LogP contribution < -0.4 is 4.72 Å². The zero-order valence-corrected chi connectivity index (χ0v) is 13.3. The lowest BCUT2D eigenvalue weighted by atomic mass is 10.2. The number of aromatic nitrogens is 1. The number of nitrogens with one attached hydrogen (secondary N) is 1. The molecule has 6 nitrogen and oxygen atoms in total. The van der Waals surface area contributed by atoms with Gasteiger partial charge in [0, 0.05) is 12.6 Å². The summed E-state index contributed by atoms with van der Waals surface area (Å²) in [6, 6.07) is 11.8. The van der Waals surface area contributed by atoms with E-state index in [9.17, 15) is 21.6 Å². The minimum Gasteiger partial charge on any atom is -0.441 e. The van der Waals surface area contributed by atoms with E-state index < -0.39 is 27.1 Å². The van der Waals surface area contributed by atoms with Crippen molar-refractivity contribution in [3.63, 3.8) is 0 Å². The van der Waals surface area contributed by atoms with Gasteiger partial charge in [-0.1, -0.05) is 35.5 Å². The van der Waals surface area contributed by atoms with Gasteiger partial charge in [-0.25, -0.2) is 13.1 Å². The molecule has 10 heteroatoms. The summed E-state index contributed by atoms with van der Waals surface area (Å²) >= 11 is 0. The van der Waals surface area contributed by atoms with Crippen molar-refractivity contribution in [2.45, 2.75) is 17.8 Å². The van der Waals surface area contributed by atoms with Crippen LogP contribution in [-0.2, 0) is 22.7 Å². The lowest BCUT2D eigenvalue weighted by Gasteiger charge is -2.04. The predicted octanol–water partition coefficient (Wildman–Crippen LogP) is 3.43. The number of furan rings is 1. The summed E-state index contributed by atoms with van der Waals surface area (Å²) in [5.74, 6) is -1.45. The molecule has 0 aliphatic heterocycles. The molecule has 0 aliphatic rings. The highest BCUT2D eigenvalue weighted by Crippen LogP contribution is 2.33. The Morgan fingerprint density at radius 3 is 2.44 bits per heavy atom. The van der Waals surface area contributed by atoms with Crippen molar-refractivity contribution in [3.05, 3.63) is 59.9 Å². The highest BCUT2D eigenvalue weighted by Gasteiger charge is 2.36. The van der Waals surface area contributed by atoms with Crippen molar-refractivity contribution in [1.29, 1.82) is 0 Å². The predicted molar refractivity (Wildman–Crippen MR) is 79.7 cm³/mol. The number of alkyl halides is 3. The number of hydrogen-bond acceptors (Lipinski definition) is 5. The highest BCUT2D eigenvalue weighted by molar-refractivity contribution is 7.89. The summed E-state index contributed by atoms with van der Waals surface area (Å²) in [6.45, 7) is 0.0430. The third-order valence-corrected chi connectivity index (χ3v) is 4.47. The van der Waals surface area contributed by atoms with Gasteiger partial charge in [-0.05, 0) is 17.7 Å². The smallest absolute Gasteiger partial charge is 0.441 e. The van der Waals surface area contributed by atoms with Gasteiger partial charge < -0.3 is 8.94 Å². The van der Waals surface area contributed by atoms with Crippen LogP contribution >= 0.6 is 0 Å². The lowest BCUT2D eigenvalue weighted by Crippen LogP contribution is -2.22. The summed E-state index contributed by atoms with van der Waals surface area (Å²) < 4.78 is 73.5. The SMILES string of the molecule is O=S(=O)(NCc1ccccc1)c1ccc(-c2cc(C(F)(F)F)on2)o1. The van der Waals surface area contributed by atoms with Gasteiger partial charge >= 0.3 is 6.18 Å². The fraction of sp³-hybridized carbons (Fsp3) is 0.133. The molecular formula is C15H11F3N2O4S. The van der Waals surface area contributed by atoms with Crippen molar-refractivity contribution in [2.75, 3.05) is 0 Å². The van der Waals surface area contributed by atoms with Crippen molar-refractivity contribution < 1.29 is 30.5 Å². The van der Waals surface area contributed by atoms with E-state index in [1.165, 1.54) is 6.07 Å². The van der Waals surface area contributed by atoms with Crippen molar-refractivity contribution in [1.82, 2.24) is 9.88 Å². The minimum absolute atomic E-state index is 0.0430. The maximum atomic E-state index is 12.5. The van der Waals surface area contributed by atoms with Gasteiger partial charge in [0.15, 0.2) is 5.76 Å².